The first-order chi connectivity index (χ1) is 11.7. The zero-order chi connectivity index (χ0) is 16.5. The van der Waals surface area contributed by atoms with E-state index in [9.17, 15) is 9.18 Å². The Bertz CT molecular complexity index is 925. The van der Waals surface area contributed by atoms with Gasteiger partial charge in [-0.15, -0.1) is 5.10 Å². The van der Waals surface area contributed by atoms with Crippen molar-refractivity contribution in [2.24, 2.45) is 0 Å². The van der Waals surface area contributed by atoms with Crippen LogP contribution in [0.4, 0.5) is 10.4 Å². The van der Waals surface area contributed by atoms with E-state index in [2.05, 4.69) is 15.5 Å². The van der Waals surface area contributed by atoms with Gasteiger partial charge in [-0.3, -0.25) is 10.1 Å². The molecule has 0 unspecified atom stereocenters. The molecule has 0 saturated heterocycles. The van der Waals surface area contributed by atoms with E-state index >= 15 is 0 Å². The molecule has 0 bridgehead atoms. The summed E-state index contributed by atoms with van der Waals surface area (Å²) in [5.74, 6) is 0.376. The molecule has 2 heterocycles. The standard InChI is InChI=1S/C16H10FN3O4/c17-11-3-1-2-9(6-11)14(21)18-16-20-19-15(24-16)10-4-5-12-13(7-10)23-8-22-12/h1-7H,8H2,(H,18,20,21). The first-order valence-electron chi connectivity index (χ1n) is 6.99. The van der Waals surface area contributed by atoms with Gasteiger partial charge in [-0.25, -0.2) is 4.39 Å². The number of aromatic nitrogens is 2. The molecule has 24 heavy (non-hydrogen) atoms. The maximum absolute atomic E-state index is 13.1. The largest absolute Gasteiger partial charge is 0.454 e. The van der Waals surface area contributed by atoms with Crippen LogP contribution in [0.2, 0.25) is 0 Å². The van der Waals surface area contributed by atoms with Crippen molar-refractivity contribution in [1.82, 2.24) is 10.2 Å². The van der Waals surface area contributed by atoms with Gasteiger partial charge in [0.05, 0.1) is 0 Å². The molecule has 0 atom stereocenters. The Morgan fingerprint density at radius 2 is 1.96 bits per heavy atom. The summed E-state index contributed by atoms with van der Waals surface area (Å²) in [5, 5.41) is 10.1. The highest BCUT2D eigenvalue weighted by Crippen LogP contribution is 2.35. The Morgan fingerprint density at radius 3 is 2.83 bits per heavy atom. The van der Waals surface area contributed by atoms with Gasteiger partial charge >= 0.3 is 6.01 Å². The number of carbonyl (C=O) groups excluding carboxylic acids is 1. The summed E-state index contributed by atoms with van der Waals surface area (Å²) >= 11 is 0. The van der Waals surface area contributed by atoms with Crippen molar-refractivity contribution in [2.45, 2.75) is 0 Å². The second kappa shape index (κ2) is 5.65. The van der Waals surface area contributed by atoms with Crippen LogP contribution in [0.5, 0.6) is 11.5 Å². The molecule has 3 aromatic rings. The zero-order valence-electron chi connectivity index (χ0n) is 12.2. The van der Waals surface area contributed by atoms with Gasteiger partial charge in [0.25, 0.3) is 5.91 Å². The molecule has 120 valence electrons. The van der Waals surface area contributed by atoms with Crippen LogP contribution < -0.4 is 14.8 Å². The van der Waals surface area contributed by atoms with Gasteiger partial charge in [0.15, 0.2) is 11.5 Å². The normalized spacial score (nSPS) is 12.2. The van der Waals surface area contributed by atoms with E-state index in [1.54, 1.807) is 18.2 Å². The molecule has 4 rings (SSSR count). The highest BCUT2D eigenvalue weighted by atomic mass is 19.1. The van der Waals surface area contributed by atoms with Gasteiger partial charge in [0, 0.05) is 11.1 Å². The Kier molecular flexibility index (Phi) is 3.34. The second-order valence-corrected chi connectivity index (χ2v) is 4.94. The highest BCUT2D eigenvalue weighted by Gasteiger charge is 2.17. The Labute approximate surface area is 135 Å². The first kappa shape index (κ1) is 14.2. The minimum Gasteiger partial charge on any atom is -0.454 e. The van der Waals surface area contributed by atoms with Gasteiger partial charge < -0.3 is 13.9 Å². The molecule has 7 nitrogen and oxygen atoms in total. The number of rotatable bonds is 3. The van der Waals surface area contributed by atoms with Crippen molar-refractivity contribution in [1.29, 1.82) is 0 Å². The molecular weight excluding hydrogens is 317 g/mol. The topological polar surface area (TPSA) is 86.5 Å². The lowest BCUT2D eigenvalue weighted by molar-refractivity contribution is 0.102. The molecule has 1 amide bonds. The number of nitrogens with zero attached hydrogens (tertiary/aromatic N) is 2. The first-order valence-corrected chi connectivity index (χ1v) is 6.99. The van der Waals surface area contributed by atoms with Crippen LogP contribution >= 0.6 is 0 Å². The molecule has 0 radical (unpaired) electrons. The SMILES string of the molecule is O=C(Nc1nnc(-c2ccc3c(c2)OCO3)o1)c1cccc(F)c1. The van der Waals surface area contributed by atoms with E-state index in [1.807, 2.05) is 0 Å². The third-order valence-corrected chi connectivity index (χ3v) is 3.35. The quantitative estimate of drug-likeness (QED) is 0.796. The maximum atomic E-state index is 13.1. The average Bonchev–Trinajstić information content (AvgIpc) is 3.23. The Morgan fingerprint density at radius 1 is 1.08 bits per heavy atom. The molecule has 0 aliphatic carbocycles. The number of halogens is 1. The number of fused-ring (bicyclic) bond motifs is 1. The molecule has 8 heteroatoms. The summed E-state index contributed by atoms with van der Waals surface area (Å²) in [5.41, 5.74) is 0.774. The van der Waals surface area contributed by atoms with E-state index in [1.165, 1.54) is 18.2 Å². The van der Waals surface area contributed by atoms with Crippen molar-refractivity contribution in [3.63, 3.8) is 0 Å². The molecule has 1 aliphatic rings. The summed E-state index contributed by atoms with van der Waals surface area (Å²) in [4.78, 5) is 12.0. The Hall–Kier alpha value is -3.42. The molecular formula is C16H10FN3O4. The van der Waals surface area contributed by atoms with E-state index in [-0.39, 0.29) is 24.3 Å². The third kappa shape index (κ3) is 2.65. The van der Waals surface area contributed by atoms with Gasteiger partial charge in [0.2, 0.25) is 12.7 Å². The highest BCUT2D eigenvalue weighted by molar-refractivity contribution is 6.03. The lowest BCUT2D eigenvalue weighted by atomic mass is 10.2. The molecule has 1 N–H and O–H groups in total. The van der Waals surface area contributed by atoms with Crippen molar-refractivity contribution in [3.8, 4) is 23.0 Å². The number of benzene rings is 2. The van der Waals surface area contributed by atoms with Gasteiger partial charge in [-0.05, 0) is 36.4 Å². The fraction of sp³-hybridized carbons (Fsp3) is 0.0625. The van der Waals surface area contributed by atoms with Crippen LogP contribution in [-0.4, -0.2) is 22.9 Å². The van der Waals surface area contributed by atoms with E-state index in [4.69, 9.17) is 13.9 Å². The minimum absolute atomic E-state index is 0.0862. The van der Waals surface area contributed by atoms with Crippen molar-refractivity contribution in [2.75, 3.05) is 12.1 Å². The zero-order valence-corrected chi connectivity index (χ0v) is 12.2. The summed E-state index contributed by atoms with van der Waals surface area (Å²) in [6, 6.07) is 10.4. The van der Waals surface area contributed by atoms with Crippen LogP contribution in [0.15, 0.2) is 46.9 Å². The summed E-state index contributed by atoms with van der Waals surface area (Å²) in [6.45, 7) is 0.164. The molecule has 1 aliphatic heterocycles. The predicted octanol–water partition coefficient (Wildman–Crippen LogP) is 2.86. The summed E-state index contributed by atoms with van der Waals surface area (Å²) in [7, 11) is 0. The number of carbonyl (C=O) groups is 1. The molecule has 1 aromatic heterocycles. The summed E-state index contributed by atoms with van der Waals surface area (Å²) < 4.78 is 29.1. The molecule has 0 fully saturated rings. The lowest BCUT2D eigenvalue weighted by Crippen LogP contribution is -2.12. The van der Waals surface area contributed by atoms with Crippen LogP contribution in [0.25, 0.3) is 11.5 Å². The number of nitrogens with one attached hydrogen (secondary N) is 1. The van der Waals surface area contributed by atoms with Crippen LogP contribution in [0.1, 0.15) is 10.4 Å². The number of amides is 1. The minimum atomic E-state index is -0.546. The molecule has 0 saturated carbocycles. The van der Waals surface area contributed by atoms with Crippen LogP contribution in [0.3, 0.4) is 0 Å². The van der Waals surface area contributed by atoms with Crippen LogP contribution in [-0.2, 0) is 0 Å². The molecule has 0 spiro atoms. The summed E-state index contributed by atoms with van der Waals surface area (Å²) in [6.07, 6.45) is 0. The fourth-order valence-electron chi connectivity index (χ4n) is 2.22. The van der Waals surface area contributed by atoms with Gasteiger partial charge in [-0.1, -0.05) is 11.2 Å². The van der Waals surface area contributed by atoms with E-state index < -0.39 is 11.7 Å². The third-order valence-electron chi connectivity index (χ3n) is 3.35. The van der Waals surface area contributed by atoms with Gasteiger partial charge in [0.1, 0.15) is 5.82 Å². The maximum Gasteiger partial charge on any atom is 0.322 e. The van der Waals surface area contributed by atoms with Crippen molar-refractivity contribution < 1.29 is 23.1 Å². The van der Waals surface area contributed by atoms with Crippen LogP contribution in [0, 0.1) is 5.82 Å². The monoisotopic (exact) mass is 327 g/mol. The second-order valence-electron chi connectivity index (χ2n) is 4.94. The predicted molar refractivity (Wildman–Crippen MR) is 80.2 cm³/mol. The smallest absolute Gasteiger partial charge is 0.322 e. The van der Waals surface area contributed by atoms with E-state index in [0.717, 1.165) is 6.07 Å². The number of anilines is 1. The van der Waals surface area contributed by atoms with Gasteiger partial charge in [-0.2, -0.15) is 0 Å². The Balaban J connectivity index is 1.53. The van der Waals surface area contributed by atoms with E-state index in [0.29, 0.717) is 17.1 Å². The fourth-order valence-corrected chi connectivity index (χ4v) is 2.22. The van der Waals surface area contributed by atoms with Crippen molar-refractivity contribution in [3.05, 3.63) is 53.8 Å². The number of ether oxygens (including phenoxy) is 2. The lowest BCUT2D eigenvalue weighted by Gasteiger charge is -2.00. The average molecular weight is 327 g/mol. The molecule has 2 aromatic carbocycles. The number of hydrogen-bond acceptors (Lipinski definition) is 6. The number of hydrogen-bond donors (Lipinski definition) is 1. The van der Waals surface area contributed by atoms with Crippen molar-refractivity contribution >= 4 is 11.9 Å².